The summed E-state index contributed by atoms with van der Waals surface area (Å²) in [6, 6.07) is 3.35. The Bertz CT molecular complexity index is 518. The van der Waals surface area contributed by atoms with Crippen LogP contribution in [0.3, 0.4) is 0 Å². The van der Waals surface area contributed by atoms with E-state index in [1.165, 1.54) is 26.2 Å². The van der Waals surface area contributed by atoms with Gasteiger partial charge in [0.05, 0.1) is 27.8 Å². The van der Waals surface area contributed by atoms with E-state index < -0.39 is 5.97 Å². The average Bonchev–Trinajstić information content (AvgIpc) is 2.50. The highest BCUT2D eigenvalue weighted by Crippen LogP contribution is 2.38. The predicted molar refractivity (Wildman–Crippen MR) is 79.7 cm³/mol. The van der Waals surface area contributed by atoms with E-state index in [2.05, 4.69) is 0 Å². The van der Waals surface area contributed by atoms with Gasteiger partial charge >= 0.3 is 5.97 Å². The quantitative estimate of drug-likeness (QED) is 0.776. The molecule has 0 heterocycles. The first-order valence-corrected chi connectivity index (χ1v) is 6.75. The van der Waals surface area contributed by atoms with E-state index in [1.807, 2.05) is 0 Å². The van der Waals surface area contributed by atoms with Crippen LogP contribution in [-0.2, 0) is 16.0 Å². The van der Waals surface area contributed by atoms with Crippen LogP contribution in [0.25, 0.3) is 0 Å². The van der Waals surface area contributed by atoms with E-state index in [-0.39, 0.29) is 18.9 Å². The fourth-order valence-electron chi connectivity index (χ4n) is 2.06. The Morgan fingerprint density at radius 2 is 1.64 bits per heavy atom. The van der Waals surface area contributed by atoms with E-state index in [1.54, 1.807) is 19.1 Å². The molecule has 1 amide bonds. The van der Waals surface area contributed by atoms with Gasteiger partial charge in [0.25, 0.3) is 0 Å². The Labute approximate surface area is 129 Å². The number of rotatable bonds is 8. The van der Waals surface area contributed by atoms with Crippen LogP contribution in [0.2, 0.25) is 0 Å². The van der Waals surface area contributed by atoms with Crippen molar-refractivity contribution >= 4 is 11.9 Å². The highest BCUT2D eigenvalue weighted by Gasteiger charge is 2.18. The summed E-state index contributed by atoms with van der Waals surface area (Å²) in [6.45, 7) is 1.74. The lowest BCUT2D eigenvalue weighted by Gasteiger charge is -2.19. The Hall–Kier alpha value is -2.44. The zero-order chi connectivity index (χ0) is 16.7. The van der Waals surface area contributed by atoms with Crippen LogP contribution in [0.15, 0.2) is 12.1 Å². The molecular formula is C15H21NO6. The number of carbonyl (C=O) groups excluding carboxylic acids is 1. The van der Waals surface area contributed by atoms with E-state index in [9.17, 15) is 9.59 Å². The number of nitrogens with zero attached hydrogens (tertiary/aromatic N) is 1. The van der Waals surface area contributed by atoms with Crippen molar-refractivity contribution in [2.24, 2.45) is 0 Å². The minimum Gasteiger partial charge on any atom is -0.493 e. The van der Waals surface area contributed by atoms with Crippen molar-refractivity contribution in [1.29, 1.82) is 0 Å². The fourth-order valence-corrected chi connectivity index (χ4v) is 2.06. The van der Waals surface area contributed by atoms with E-state index in [0.717, 1.165) is 0 Å². The summed E-state index contributed by atoms with van der Waals surface area (Å²) in [5.74, 6) is 0.0233. The van der Waals surface area contributed by atoms with Crippen molar-refractivity contribution in [3.05, 3.63) is 17.7 Å². The van der Waals surface area contributed by atoms with Crippen LogP contribution in [0.4, 0.5) is 0 Å². The molecule has 0 radical (unpaired) electrons. The highest BCUT2D eigenvalue weighted by atomic mass is 16.5. The summed E-state index contributed by atoms with van der Waals surface area (Å²) in [7, 11) is 4.48. The van der Waals surface area contributed by atoms with Gasteiger partial charge in [0.2, 0.25) is 11.7 Å². The summed E-state index contributed by atoms with van der Waals surface area (Å²) in [5, 5.41) is 8.81. The summed E-state index contributed by atoms with van der Waals surface area (Å²) < 4.78 is 15.7. The molecule has 0 aliphatic carbocycles. The molecular weight excluding hydrogens is 290 g/mol. The lowest BCUT2D eigenvalue weighted by atomic mass is 10.1. The van der Waals surface area contributed by atoms with Crippen LogP contribution >= 0.6 is 0 Å². The van der Waals surface area contributed by atoms with Crippen LogP contribution in [0, 0.1) is 0 Å². The average molecular weight is 311 g/mol. The second kappa shape index (κ2) is 8.11. The third-order valence-corrected chi connectivity index (χ3v) is 3.14. The van der Waals surface area contributed by atoms with Gasteiger partial charge in [0.1, 0.15) is 6.54 Å². The summed E-state index contributed by atoms with van der Waals surface area (Å²) in [6.07, 6.45) is 0.0534. The van der Waals surface area contributed by atoms with Gasteiger partial charge in [-0.1, -0.05) is 0 Å². The third-order valence-electron chi connectivity index (χ3n) is 3.14. The minimum absolute atomic E-state index is 0.0534. The van der Waals surface area contributed by atoms with Gasteiger partial charge in [-0.2, -0.15) is 0 Å². The second-order valence-electron chi connectivity index (χ2n) is 4.51. The Morgan fingerprint density at radius 1 is 1.09 bits per heavy atom. The van der Waals surface area contributed by atoms with Gasteiger partial charge in [-0.05, 0) is 24.6 Å². The SMILES string of the molecule is CCN(CC(=O)O)C(=O)Cc1cc(OC)c(OC)c(OC)c1. The van der Waals surface area contributed by atoms with E-state index in [0.29, 0.717) is 29.4 Å². The largest absolute Gasteiger partial charge is 0.493 e. The summed E-state index contributed by atoms with van der Waals surface area (Å²) >= 11 is 0. The third kappa shape index (κ3) is 4.28. The number of methoxy groups -OCH3 is 3. The van der Waals surface area contributed by atoms with Crippen LogP contribution in [0.1, 0.15) is 12.5 Å². The van der Waals surface area contributed by atoms with Crippen molar-refractivity contribution in [2.45, 2.75) is 13.3 Å². The maximum Gasteiger partial charge on any atom is 0.323 e. The Balaban J connectivity index is 3.02. The molecule has 22 heavy (non-hydrogen) atoms. The van der Waals surface area contributed by atoms with Gasteiger partial charge in [0, 0.05) is 6.54 Å². The molecule has 0 saturated heterocycles. The molecule has 7 nitrogen and oxygen atoms in total. The molecule has 0 atom stereocenters. The lowest BCUT2D eigenvalue weighted by Crippen LogP contribution is -2.36. The van der Waals surface area contributed by atoms with Gasteiger partial charge < -0.3 is 24.2 Å². The van der Waals surface area contributed by atoms with Crippen LogP contribution in [-0.4, -0.2) is 56.3 Å². The van der Waals surface area contributed by atoms with E-state index in [4.69, 9.17) is 19.3 Å². The van der Waals surface area contributed by atoms with Gasteiger partial charge in [-0.15, -0.1) is 0 Å². The molecule has 122 valence electrons. The first-order valence-electron chi connectivity index (χ1n) is 6.75. The zero-order valence-corrected chi connectivity index (χ0v) is 13.2. The first-order chi connectivity index (χ1) is 10.5. The van der Waals surface area contributed by atoms with Crippen LogP contribution in [0.5, 0.6) is 17.2 Å². The zero-order valence-electron chi connectivity index (χ0n) is 13.2. The topological polar surface area (TPSA) is 85.3 Å². The number of amides is 1. The molecule has 0 spiro atoms. The number of hydrogen-bond donors (Lipinski definition) is 1. The standard InChI is InChI=1S/C15H21NO6/c1-5-16(9-14(18)19)13(17)8-10-6-11(20-2)15(22-4)12(7-10)21-3/h6-7H,5,8-9H2,1-4H3,(H,18,19). The van der Waals surface area contributed by atoms with Gasteiger partial charge in [0.15, 0.2) is 11.5 Å². The van der Waals surface area contributed by atoms with Crippen molar-refractivity contribution in [1.82, 2.24) is 4.90 Å². The minimum atomic E-state index is -1.04. The molecule has 7 heteroatoms. The molecule has 1 N–H and O–H groups in total. The number of benzene rings is 1. The van der Waals surface area contributed by atoms with Crippen molar-refractivity contribution in [3.63, 3.8) is 0 Å². The molecule has 0 saturated carbocycles. The summed E-state index contributed by atoms with van der Waals surface area (Å²) in [5.41, 5.74) is 0.656. The number of carboxylic acid groups (broad SMARTS) is 1. The van der Waals surface area contributed by atoms with Gasteiger partial charge in [-0.25, -0.2) is 0 Å². The maximum absolute atomic E-state index is 12.2. The molecule has 0 aliphatic heterocycles. The smallest absolute Gasteiger partial charge is 0.323 e. The van der Waals surface area contributed by atoms with Crippen molar-refractivity contribution in [3.8, 4) is 17.2 Å². The number of carbonyl (C=O) groups is 2. The molecule has 1 rings (SSSR count). The molecule has 0 fully saturated rings. The maximum atomic E-state index is 12.2. The number of ether oxygens (including phenoxy) is 3. The molecule has 0 unspecified atom stereocenters. The fraction of sp³-hybridized carbons (Fsp3) is 0.467. The summed E-state index contributed by atoms with van der Waals surface area (Å²) in [4.78, 5) is 24.2. The molecule has 1 aromatic carbocycles. The van der Waals surface area contributed by atoms with Crippen molar-refractivity contribution < 1.29 is 28.9 Å². The van der Waals surface area contributed by atoms with E-state index >= 15 is 0 Å². The molecule has 1 aromatic rings. The predicted octanol–water partition coefficient (Wildman–Crippen LogP) is 1.19. The number of likely N-dealkylation sites (N-methyl/N-ethyl adjacent to an activating group) is 1. The molecule has 0 aromatic heterocycles. The monoisotopic (exact) mass is 311 g/mol. The number of aliphatic carboxylic acids is 1. The number of carboxylic acids is 1. The highest BCUT2D eigenvalue weighted by molar-refractivity contribution is 5.83. The molecule has 0 bridgehead atoms. The number of hydrogen-bond acceptors (Lipinski definition) is 5. The second-order valence-corrected chi connectivity index (χ2v) is 4.51. The Kier molecular flexibility index (Phi) is 6.49. The normalized spacial score (nSPS) is 10.0. The van der Waals surface area contributed by atoms with Crippen molar-refractivity contribution in [2.75, 3.05) is 34.4 Å². The molecule has 0 aliphatic rings. The Morgan fingerprint density at radius 3 is 2.00 bits per heavy atom. The lowest BCUT2D eigenvalue weighted by molar-refractivity contribution is -0.144. The van der Waals surface area contributed by atoms with Gasteiger partial charge in [-0.3, -0.25) is 9.59 Å². The van der Waals surface area contributed by atoms with Crippen LogP contribution < -0.4 is 14.2 Å². The first kappa shape index (κ1) is 17.6.